The van der Waals surface area contributed by atoms with Crippen LogP contribution in [-0.2, 0) is 4.79 Å². The van der Waals surface area contributed by atoms with Crippen molar-refractivity contribution in [3.05, 3.63) is 12.2 Å². The second kappa shape index (κ2) is 5.48. The quantitative estimate of drug-likeness (QED) is 0.645. The summed E-state index contributed by atoms with van der Waals surface area (Å²) < 4.78 is 0. The molecule has 0 radical (unpaired) electrons. The standard InChI is InChI=1S/C11H18OS/c1-9(2)6-7-10(12)11-5-3-4-8-13-11/h11H,1,3-8H2,2H3. The highest BCUT2D eigenvalue weighted by Crippen LogP contribution is 2.27. The molecule has 1 fully saturated rings. The highest BCUT2D eigenvalue weighted by molar-refractivity contribution is 8.00. The summed E-state index contributed by atoms with van der Waals surface area (Å²) in [5.74, 6) is 1.61. The van der Waals surface area contributed by atoms with E-state index in [9.17, 15) is 4.79 Å². The summed E-state index contributed by atoms with van der Waals surface area (Å²) in [6.45, 7) is 5.80. The number of hydrogen-bond acceptors (Lipinski definition) is 2. The summed E-state index contributed by atoms with van der Waals surface area (Å²) in [6.07, 6.45) is 5.19. The van der Waals surface area contributed by atoms with E-state index in [1.54, 1.807) is 0 Å². The number of carbonyl (C=O) groups is 1. The average Bonchev–Trinajstić information content (AvgIpc) is 2.15. The zero-order chi connectivity index (χ0) is 9.68. The molecule has 74 valence electrons. The molecule has 1 unspecified atom stereocenters. The summed E-state index contributed by atoms with van der Waals surface area (Å²) >= 11 is 1.84. The first-order chi connectivity index (χ1) is 6.20. The Balaban J connectivity index is 2.25. The van der Waals surface area contributed by atoms with E-state index in [0.29, 0.717) is 17.5 Å². The molecule has 0 N–H and O–H groups in total. The van der Waals surface area contributed by atoms with Crippen molar-refractivity contribution in [3.8, 4) is 0 Å². The number of rotatable bonds is 4. The van der Waals surface area contributed by atoms with E-state index in [2.05, 4.69) is 6.58 Å². The fraction of sp³-hybridized carbons (Fsp3) is 0.727. The minimum Gasteiger partial charge on any atom is -0.298 e. The van der Waals surface area contributed by atoms with Gasteiger partial charge >= 0.3 is 0 Å². The number of hydrogen-bond donors (Lipinski definition) is 0. The monoisotopic (exact) mass is 198 g/mol. The van der Waals surface area contributed by atoms with Crippen LogP contribution in [0, 0.1) is 0 Å². The van der Waals surface area contributed by atoms with Crippen LogP contribution in [0.3, 0.4) is 0 Å². The minimum absolute atomic E-state index is 0.299. The van der Waals surface area contributed by atoms with Gasteiger partial charge in [-0.05, 0) is 31.9 Å². The maximum Gasteiger partial charge on any atom is 0.146 e. The third kappa shape index (κ3) is 3.99. The van der Waals surface area contributed by atoms with Gasteiger partial charge in [0.1, 0.15) is 5.78 Å². The molecular formula is C11H18OS. The lowest BCUT2D eigenvalue weighted by Gasteiger charge is -2.19. The number of Topliss-reactive ketones (excluding diaryl/α,β-unsaturated/α-hetero) is 1. The van der Waals surface area contributed by atoms with Crippen molar-refractivity contribution in [2.24, 2.45) is 0 Å². The molecule has 0 bridgehead atoms. The molecular weight excluding hydrogens is 180 g/mol. The van der Waals surface area contributed by atoms with Crippen molar-refractivity contribution in [1.29, 1.82) is 0 Å². The van der Waals surface area contributed by atoms with Crippen LogP contribution >= 0.6 is 11.8 Å². The fourth-order valence-corrected chi connectivity index (χ4v) is 2.78. The average molecular weight is 198 g/mol. The molecule has 13 heavy (non-hydrogen) atoms. The lowest BCUT2D eigenvalue weighted by atomic mass is 10.0. The second-order valence-electron chi connectivity index (χ2n) is 3.78. The smallest absolute Gasteiger partial charge is 0.146 e. The van der Waals surface area contributed by atoms with Crippen molar-refractivity contribution < 1.29 is 4.79 Å². The Bertz CT molecular complexity index is 192. The third-order valence-corrected chi connectivity index (χ3v) is 3.76. The van der Waals surface area contributed by atoms with Gasteiger partial charge in [0.25, 0.3) is 0 Å². The summed E-state index contributed by atoms with van der Waals surface area (Å²) in [7, 11) is 0. The molecule has 0 amide bonds. The molecule has 0 saturated carbocycles. The second-order valence-corrected chi connectivity index (χ2v) is 5.09. The lowest BCUT2D eigenvalue weighted by molar-refractivity contribution is -0.118. The van der Waals surface area contributed by atoms with Crippen molar-refractivity contribution in [2.75, 3.05) is 5.75 Å². The lowest BCUT2D eigenvalue weighted by Crippen LogP contribution is -2.20. The first-order valence-corrected chi connectivity index (χ1v) is 6.03. The van der Waals surface area contributed by atoms with Crippen LogP contribution in [0.2, 0.25) is 0 Å². The van der Waals surface area contributed by atoms with Gasteiger partial charge in [0.15, 0.2) is 0 Å². The number of thioether (sulfide) groups is 1. The van der Waals surface area contributed by atoms with Crippen LogP contribution in [-0.4, -0.2) is 16.8 Å². The van der Waals surface area contributed by atoms with Crippen LogP contribution in [0.25, 0.3) is 0 Å². The van der Waals surface area contributed by atoms with E-state index in [1.807, 2.05) is 18.7 Å². The number of ketones is 1. The number of allylic oxidation sites excluding steroid dienone is 1. The van der Waals surface area contributed by atoms with Gasteiger partial charge in [-0.2, -0.15) is 11.8 Å². The molecule has 1 atom stereocenters. The topological polar surface area (TPSA) is 17.1 Å². The SMILES string of the molecule is C=C(C)CCC(=O)C1CCCCS1. The fourth-order valence-electron chi connectivity index (χ4n) is 1.49. The van der Waals surface area contributed by atoms with E-state index < -0.39 is 0 Å². The van der Waals surface area contributed by atoms with Gasteiger partial charge < -0.3 is 0 Å². The van der Waals surface area contributed by atoms with Crippen molar-refractivity contribution >= 4 is 17.5 Å². The van der Waals surface area contributed by atoms with Gasteiger partial charge in [0.2, 0.25) is 0 Å². The first-order valence-electron chi connectivity index (χ1n) is 4.99. The Morgan fingerprint density at radius 3 is 2.77 bits per heavy atom. The molecule has 1 saturated heterocycles. The molecule has 0 aliphatic carbocycles. The molecule has 1 heterocycles. The molecule has 0 aromatic carbocycles. The Hall–Kier alpha value is -0.240. The van der Waals surface area contributed by atoms with Crippen LogP contribution < -0.4 is 0 Å². The molecule has 1 rings (SSSR count). The number of carbonyl (C=O) groups excluding carboxylic acids is 1. The third-order valence-electron chi connectivity index (χ3n) is 2.34. The summed E-state index contributed by atoms with van der Waals surface area (Å²) in [5.41, 5.74) is 1.12. The summed E-state index contributed by atoms with van der Waals surface area (Å²) in [5, 5.41) is 0.299. The summed E-state index contributed by atoms with van der Waals surface area (Å²) in [4.78, 5) is 11.6. The molecule has 0 aromatic rings. The Labute approximate surface area is 85.0 Å². The van der Waals surface area contributed by atoms with E-state index in [4.69, 9.17) is 0 Å². The van der Waals surface area contributed by atoms with Gasteiger partial charge in [-0.3, -0.25) is 4.79 Å². The largest absolute Gasteiger partial charge is 0.298 e. The molecule has 0 aromatic heterocycles. The summed E-state index contributed by atoms with van der Waals surface area (Å²) in [6, 6.07) is 0. The van der Waals surface area contributed by atoms with Crippen molar-refractivity contribution in [1.82, 2.24) is 0 Å². The van der Waals surface area contributed by atoms with E-state index in [-0.39, 0.29) is 0 Å². The van der Waals surface area contributed by atoms with Crippen LogP contribution in [0.15, 0.2) is 12.2 Å². The highest BCUT2D eigenvalue weighted by Gasteiger charge is 2.20. The molecule has 1 aliphatic rings. The minimum atomic E-state index is 0.299. The Kier molecular flexibility index (Phi) is 4.57. The predicted octanol–water partition coefficient (Wildman–Crippen LogP) is 3.20. The van der Waals surface area contributed by atoms with Gasteiger partial charge in [0, 0.05) is 6.42 Å². The molecule has 0 spiro atoms. The Morgan fingerprint density at radius 2 is 2.23 bits per heavy atom. The van der Waals surface area contributed by atoms with Gasteiger partial charge in [-0.1, -0.05) is 12.0 Å². The van der Waals surface area contributed by atoms with Crippen molar-refractivity contribution in [2.45, 2.75) is 44.3 Å². The maximum absolute atomic E-state index is 11.6. The van der Waals surface area contributed by atoms with E-state index >= 15 is 0 Å². The molecule has 2 heteroatoms. The normalized spacial score (nSPS) is 22.7. The van der Waals surface area contributed by atoms with Crippen molar-refractivity contribution in [3.63, 3.8) is 0 Å². The maximum atomic E-state index is 11.6. The van der Waals surface area contributed by atoms with Crippen LogP contribution in [0.5, 0.6) is 0 Å². The van der Waals surface area contributed by atoms with Crippen LogP contribution in [0.1, 0.15) is 39.0 Å². The highest BCUT2D eigenvalue weighted by atomic mass is 32.2. The van der Waals surface area contributed by atoms with E-state index in [1.165, 1.54) is 18.6 Å². The van der Waals surface area contributed by atoms with Gasteiger partial charge in [-0.15, -0.1) is 6.58 Å². The zero-order valence-corrected chi connectivity index (χ0v) is 9.16. The van der Waals surface area contributed by atoms with Gasteiger partial charge in [0.05, 0.1) is 5.25 Å². The Morgan fingerprint density at radius 1 is 1.46 bits per heavy atom. The van der Waals surface area contributed by atoms with Crippen LogP contribution in [0.4, 0.5) is 0 Å². The zero-order valence-electron chi connectivity index (χ0n) is 8.34. The predicted molar refractivity (Wildman–Crippen MR) is 59.2 cm³/mol. The molecule has 1 nitrogen and oxygen atoms in total. The van der Waals surface area contributed by atoms with E-state index in [0.717, 1.165) is 18.4 Å². The van der Waals surface area contributed by atoms with Gasteiger partial charge in [-0.25, -0.2) is 0 Å². The first kappa shape index (κ1) is 10.8. The molecule has 1 aliphatic heterocycles.